The highest BCUT2D eigenvalue weighted by molar-refractivity contribution is 7.89. The van der Waals surface area contributed by atoms with Crippen LogP contribution in [-0.2, 0) is 16.4 Å². The molecule has 0 bridgehead atoms. The van der Waals surface area contributed by atoms with Crippen LogP contribution in [0.1, 0.15) is 5.89 Å². The monoisotopic (exact) mass is 336 g/mol. The Morgan fingerprint density at radius 1 is 1.35 bits per heavy atom. The van der Waals surface area contributed by atoms with Crippen molar-refractivity contribution in [1.29, 1.82) is 0 Å². The van der Waals surface area contributed by atoms with Gasteiger partial charge in [0, 0.05) is 13.0 Å². The average Bonchev–Trinajstić information content (AvgIpc) is 2.88. The first-order valence-corrected chi connectivity index (χ1v) is 7.64. The molecule has 0 spiro atoms. The van der Waals surface area contributed by atoms with E-state index in [0.717, 1.165) is 0 Å². The zero-order valence-electron chi connectivity index (χ0n) is 10.0. The molecule has 7 nitrogen and oxygen atoms in total. The first-order valence-electron chi connectivity index (χ1n) is 5.40. The van der Waals surface area contributed by atoms with Crippen molar-refractivity contribution in [3.63, 3.8) is 0 Å². The Labute approximate surface area is 125 Å². The number of nitrogen functional groups attached to an aromatic ring is 1. The third kappa shape index (κ3) is 3.21. The van der Waals surface area contributed by atoms with Crippen molar-refractivity contribution in [3.05, 3.63) is 34.4 Å². The summed E-state index contributed by atoms with van der Waals surface area (Å²) in [6.07, 6.45) is 1.50. The van der Waals surface area contributed by atoms with E-state index in [1.54, 1.807) is 0 Å². The Kier molecular flexibility index (Phi) is 4.48. The topological polar surface area (TPSA) is 111 Å². The Morgan fingerprint density at radius 3 is 2.75 bits per heavy atom. The van der Waals surface area contributed by atoms with E-state index < -0.39 is 10.0 Å². The summed E-state index contributed by atoms with van der Waals surface area (Å²) in [6.45, 7) is 0.0867. The predicted molar refractivity (Wildman–Crippen MR) is 74.1 cm³/mol. The van der Waals surface area contributed by atoms with Crippen LogP contribution in [0.15, 0.2) is 27.9 Å². The van der Waals surface area contributed by atoms with Crippen molar-refractivity contribution in [2.75, 3.05) is 12.3 Å². The van der Waals surface area contributed by atoms with Gasteiger partial charge in [-0.15, -0.1) is 0 Å². The number of hydrogen-bond acceptors (Lipinski definition) is 6. The lowest BCUT2D eigenvalue weighted by Gasteiger charge is -2.09. The second-order valence-corrected chi connectivity index (χ2v) is 6.28. The van der Waals surface area contributed by atoms with Crippen LogP contribution < -0.4 is 10.5 Å². The largest absolute Gasteiger partial charge is 0.396 e. The predicted octanol–water partition coefficient (Wildman–Crippen LogP) is 1.48. The summed E-state index contributed by atoms with van der Waals surface area (Å²) in [6, 6.07) is 2.66. The maximum atomic E-state index is 12.1. The molecule has 0 aliphatic heterocycles. The Morgan fingerprint density at radius 2 is 2.10 bits per heavy atom. The molecule has 20 heavy (non-hydrogen) atoms. The molecule has 1 aromatic heterocycles. The molecule has 0 amide bonds. The number of hydrogen-bond donors (Lipinski definition) is 2. The smallest absolute Gasteiger partial charge is 0.242 e. The molecule has 2 rings (SSSR count). The summed E-state index contributed by atoms with van der Waals surface area (Å²) in [5, 5.41) is 3.50. The molecule has 0 saturated heterocycles. The molecule has 108 valence electrons. The number of halogens is 2. The van der Waals surface area contributed by atoms with Gasteiger partial charge in [0.1, 0.15) is 4.90 Å². The molecule has 0 aliphatic rings. The molecule has 0 aliphatic carbocycles. The zero-order chi connectivity index (χ0) is 14.8. The van der Waals surface area contributed by atoms with E-state index in [1.807, 2.05) is 0 Å². The zero-order valence-corrected chi connectivity index (χ0v) is 12.3. The minimum Gasteiger partial charge on any atom is -0.396 e. The van der Waals surface area contributed by atoms with Crippen LogP contribution in [0.5, 0.6) is 0 Å². The first-order chi connectivity index (χ1) is 9.42. The number of anilines is 1. The fourth-order valence-electron chi connectivity index (χ4n) is 1.43. The molecule has 0 atom stereocenters. The van der Waals surface area contributed by atoms with E-state index in [4.69, 9.17) is 33.5 Å². The minimum absolute atomic E-state index is 0.0214. The highest BCUT2D eigenvalue weighted by Gasteiger charge is 2.20. The van der Waals surface area contributed by atoms with Crippen molar-refractivity contribution >= 4 is 38.9 Å². The fourth-order valence-corrected chi connectivity index (χ4v) is 3.23. The normalized spacial score (nSPS) is 11.7. The van der Waals surface area contributed by atoms with Crippen LogP contribution in [0.25, 0.3) is 0 Å². The fraction of sp³-hybridized carbons (Fsp3) is 0.200. The number of nitrogens with zero attached hydrogens (tertiary/aromatic N) is 2. The minimum atomic E-state index is -3.79. The highest BCUT2D eigenvalue weighted by Crippen LogP contribution is 2.32. The number of rotatable bonds is 5. The molecular weight excluding hydrogens is 327 g/mol. The van der Waals surface area contributed by atoms with E-state index in [2.05, 4.69) is 14.9 Å². The molecule has 0 unspecified atom stereocenters. The summed E-state index contributed by atoms with van der Waals surface area (Å²) in [4.78, 5) is 3.64. The number of sulfonamides is 1. The molecule has 2 aromatic rings. The van der Waals surface area contributed by atoms with Crippen LogP contribution in [-0.4, -0.2) is 25.1 Å². The van der Waals surface area contributed by atoms with E-state index in [9.17, 15) is 8.42 Å². The third-order valence-corrected chi connectivity index (χ3v) is 4.77. The second-order valence-electron chi connectivity index (χ2n) is 3.76. The molecule has 0 saturated carbocycles. The maximum Gasteiger partial charge on any atom is 0.242 e. The number of benzene rings is 1. The summed E-state index contributed by atoms with van der Waals surface area (Å²) in [7, 11) is -3.79. The van der Waals surface area contributed by atoms with Crippen LogP contribution >= 0.6 is 23.2 Å². The van der Waals surface area contributed by atoms with E-state index in [1.165, 1.54) is 18.5 Å². The van der Waals surface area contributed by atoms with Gasteiger partial charge < -0.3 is 10.3 Å². The van der Waals surface area contributed by atoms with Crippen molar-refractivity contribution in [2.24, 2.45) is 0 Å². The van der Waals surface area contributed by atoms with Gasteiger partial charge in [-0.25, -0.2) is 13.1 Å². The van der Waals surface area contributed by atoms with Crippen molar-refractivity contribution in [3.8, 4) is 0 Å². The Hall–Kier alpha value is -1.35. The molecule has 0 fully saturated rings. The lowest BCUT2D eigenvalue weighted by atomic mass is 10.3. The van der Waals surface area contributed by atoms with Gasteiger partial charge in [0.05, 0.1) is 15.7 Å². The van der Waals surface area contributed by atoms with E-state index >= 15 is 0 Å². The lowest BCUT2D eigenvalue weighted by molar-refractivity contribution is 0.377. The molecule has 1 aromatic carbocycles. The van der Waals surface area contributed by atoms with Gasteiger partial charge in [0.15, 0.2) is 6.33 Å². The number of aromatic nitrogens is 2. The molecule has 10 heteroatoms. The lowest BCUT2D eigenvalue weighted by Crippen LogP contribution is -2.26. The molecule has 3 N–H and O–H groups in total. The average molecular weight is 337 g/mol. The Bertz CT molecular complexity index is 704. The van der Waals surface area contributed by atoms with E-state index in [-0.39, 0.29) is 33.6 Å². The van der Waals surface area contributed by atoms with Gasteiger partial charge in [0.25, 0.3) is 0 Å². The van der Waals surface area contributed by atoms with Crippen LogP contribution in [0.3, 0.4) is 0 Å². The van der Waals surface area contributed by atoms with Crippen molar-refractivity contribution < 1.29 is 12.9 Å². The standard InChI is InChI=1S/C10H10Cl2N4O3S/c11-6-1-2-7(9(12)10(6)13)20(17,18)16-4-3-8-14-5-15-19-8/h1-2,5,16H,3-4,13H2. The summed E-state index contributed by atoms with van der Waals surface area (Å²) in [5.74, 6) is 0.328. The maximum absolute atomic E-state index is 12.1. The number of nitrogens with two attached hydrogens (primary N) is 1. The van der Waals surface area contributed by atoms with Crippen molar-refractivity contribution in [2.45, 2.75) is 11.3 Å². The van der Waals surface area contributed by atoms with Gasteiger partial charge in [-0.1, -0.05) is 28.4 Å². The highest BCUT2D eigenvalue weighted by atomic mass is 35.5. The summed E-state index contributed by atoms with van der Waals surface area (Å²) in [5.41, 5.74) is 5.62. The number of nitrogens with one attached hydrogen (secondary N) is 1. The first kappa shape index (κ1) is 15.0. The van der Waals surface area contributed by atoms with Crippen LogP contribution in [0.2, 0.25) is 10.0 Å². The second kappa shape index (κ2) is 5.96. The van der Waals surface area contributed by atoms with E-state index in [0.29, 0.717) is 5.89 Å². The van der Waals surface area contributed by atoms with Gasteiger partial charge in [-0.3, -0.25) is 0 Å². The van der Waals surface area contributed by atoms with Gasteiger partial charge in [0.2, 0.25) is 15.9 Å². The SMILES string of the molecule is Nc1c(Cl)ccc(S(=O)(=O)NCCc2ncno2)c1Cl. The molecule has 1 heterocycles. The van der Waals surface area contributed by atoms with Crippen molar-refractivity contribution in [1.82, 2.24) is 14.9 Å². The van der Waals surface area contributed by atoms with Crippen LogP contribution in [0, 0.1) is 0 Å². The van der Waals surface area contributed by atoms with Crippen LogP contribution in [0.4, 0.5) is 5.69 Å². The molecular formula is C10H10Cl2N4O3S. The third-order valence-electron chi connectivity index (χ3n) is 2.42. The quantitative estimate of drug-likeness (QED) is 0.800. The summed E-state index contributed by atoms with van der Waals surface area (Å²) < 4.78 is 31.3. The van der Waals surface area contributed by atoms with Gasteiger partial charge >= 0.3 is 0 Å². The Balaban J connectivity index is 2.12. The van der Waals surface area contributed by atoms with Gasteiger partial charge in [-0.2, -0.15) is 4.98 Å². The summed E-state index contributed by atoms with van der Waals surface area (Å²) >= 11 is 11.6. The molecule has 0 radical (unpaired) electrons. The van der Waals surface area contributed by atoms with Gasteiger partial charge in [-0.05, 0) is 12.1 Å².